The number of halogens is 1. The van der Waals surface area contributed by atoms with Crippen LogP contribution in [-0.4, -0.2) is 18.0 Å². The molecule has 0 amide bonds. The second-order valence-corrected chi connectivity index (χ2v) is 2.70. The smallest absolute Gasteiger partial charge is 0.345 e. The van der Waals surface area contributed by atoms with Crippen LogP contribution in [0.25, 0.3) is 0 Å². The lowest BCUT2D eigenvalue weighted by molar-refractivity contribution is -0.385. The van der Waals surface area contributed by atoms with Crippen molar-refractivity contribution in [2.45, 2.75) is 6.17 Å². The Bertz CT molecular complexity index is 393. The average molecular weight is 213 g/mol. The highest BCUT2D eigenvalue weighted by atomic mass is 19.1. The van der Waals surface area contributed by atoms with Crippen LogP contribution in [0, 0.1) is 10.1 Å². The van der Waals surface area contributed by atoms with Crippen LogP contribution in [0.1, 0.15) is 11.7 Å². The number of rotatable bonds is 3. The molecule has 0 heterocycles. The van der Waals surface area contributed by atoms with Gasteiger partial charge in [-0.25, -0.2) is 9.18 Å². The van der Waals surface area contributed by atoms with Gasteiger partial charge in [-0.15, -0.1) is 0 Å². The molecule has 1 rings (SSSR count). The number of hydrogen-bond acceptors (Lipinski definition) is 4. The maximum absolute atomic E-state index is 13.4. The Labute approximate surface area is 84.6 Å². The number of para-hydroxylation sites is 1. The summed E-state index contributed by atoms with van der Waals surface area (Å²) in [6.07, 6.45) is -2.13. The van der Waals surface area contributed by atoms with E-state index in [0.29, 0.717) is 0 Å². The highest BCUT2D eigenvalue weighted by Crippen LogP contribution is 2.27. The highest BCUT2D eigenvalue weighted by molar-refractivity contribution is 5.77. The monoisotopic (exact) mass is 213 g/mol. The van der Waals surface area contributed by atoms with Crippen molar-refractivity contribution in [2.75, 3.05) is 7.11 Å². The predicted octanol–water partition coefficient (Wildman–Crippen LogP) is 1.78. The third-order valence-electron chi connectivity index (χ3n) is 1.81. The quantitative estimate of drug-likeness (QED) is 0.436. The molecule has 5 nitrogen and oxygen atoms in total. The van der Waals surface area contributed by atoms with Crippen LogP contribution in [0.5, 0.6) is 0 Å². The molecule has 0 radical (unpaired) electrons. The third-order valence-corrected chi connectivity index (χ3v) is 1.81. The zero-order valence-corrected chi connectivity index (χ0v) is 7.84. The minimum Gasteiger partial charge on any atom is -0.467 e. The third kappa shape index (κ3) is 2.28. The summed E-state index contributed by atoms with van der Waals surface area (Å²) in [5, 5.41) is 10.5. The number of nitro groups is 1. The lowest BCUT2D eigenvalue weighted by atomic mass is 10.1. The Hall–Kier alpha value is -1.98. The summed E-state index contributed by atoms with van der Waals surface area (Å²) in [6, 6.07) is 5.12. The molecule has 6 heteroatoms. The van der Waals surface area contributed by atoms with Gasteiger partial charge in [0.25, 0.3) is 5.69 Å². The highest BCUT2D eigenvalue weighted by Gasteiger charge is 2.27. The van der Waals surface area contributed by atoms with E-state index in [1.165, 1.54) is 18.2 Å². The van der Waals surface area contributed by atoms with Gasteiger partial charge in [-0.3, -0.25) is 10.1 Å². The van der Waals surface area contributed by atoms with E-state index in [0.717, 1.165) is 13.2 Å². The van der Waals surface area contributed by atoms with E-state index in [-0.39, 0.29) is 5.56 Å². The number of hydrogen-bond donors (Lipinski definition) is 0. The first kappa shape index (κ1) is 11.1. The van der Waals surface area contributed by atoms with Gasteiger partial charge in [-0.1, -0.05) is 12.1 Å². The standard InChI is InChI=1S/C9H8FNO4/c1-15-9(12)8(10)6-4-2-3-5-7(6)11(13)14/h2-5,8H,1H3. The van der Waals surface area contributed by atoms with Gasteiger partial charge in [0, 0.05) is 6.07 Å². The van der Waals surface area contributed by atoms with Crippen LogP contribution >= 0.6 is 0 Å². The first-order valence-corrected chi connectivity index (χ1v) is 4.03. The van der Waals surface area contributed by atoms with Gasteiger partial charge in [0.2, 0.25) is 6.17 Å². The maximum Gasteiger partial charge on any atom is 0.345 e. The fraction of sp³-hybridized carbons (Fsp3) is 0.222. The van der Waals surface area contributed by atoms with Crippen molar-refractivity contribution in [2.24, 2.45) is 0 Å². The molecule has 0 saturated carbocycles. The number of benzene rings is 1. The number of methoxy groups -OCH3 is 1. The number of alkyl halides is 1. The van der Waals surface area contributed by atoms with Crippen LogP contribution in [0.2, 0.25) is 0 Å². The molecule has 0 aliphatic heterocycles. The number of esters is 1. The molecular weight excluding hydrogens is 205 g/mol. The molecule has 0 aliphatic carbocycles. The SMILES string of the molecule is COC(=O)C(F)c1ccccc1[N+](=O)[O-]. The lowest BCUT2D eigenvalue weighted by Crippen LogP contribution is -2.11. The minimum absolute atomic E-state index is 0.297. The Balaban J connectivity index is 3.13. The van der Waals surface area contributed by atoms with Crippen molar-refractivity contribution in [3.8, 4) is 0 Å². The van der Waals surface area contributed by atoms with Crippen molar-refractivity contribution >= 4 is 11.7 Å². The lowest BCUT2D eigenvalue weighted by Gasteiger charge is -2.06. The zero-order chi connectivity index (χ0) is 11.4. The summed E-state index contributed by atoms with van der Waals surface area (Å²) in [5.74, 6) is -1.15. The van der Waals surface area contributed by atoms with E-state index < -0.39 is 22.8 Å². The van der Waals surface area contributed by atoms with Gasteiger partial charge in [-0.2, -0.15) is 0 Å². The van der Waals surface area contributed by atoms with Crippen molar-refractivity contribution < 1.29 is 18.8 Å². The largest absolute Gasteiger partial charge is 0.467 e. The van der Waals surface area contributed by atoms with Gasteiger partial charge >= 0.3 is 5.97 Å². The van der Waals surface area contributed by atoms with E-state index in [1.807, 2.05) is 0 Å². The Kier molecular flexibility index (Phi) is 3.33. The van der Waals surface area contributed by atoms with Crippen LogP contribution in [0.4, 0.5) is 10.1 Å². The van der Waals surface area contributed by atoms with Crippen molar-refractivity contribution in [1.82, 2.24) is 0 Å². The normalized spacial score (nSPS) is 11.9. The summed E-state index contributed by atoms with van der Waals surface area (Å²) in [7, 11) is 1.02. The van der Waals surface area contributed by atoms with Crippen molar-refractivity contribution in [3.63, 3.8) is 0 Å². The number of carbonyl (C=O) groups is 1. The zero-order valence-electron chi connectivity index (χ0n) is 7.84. The molecule has 1 atom stereocenters. The van der Waals surface area contributed by atoms with E-state index in [9.17, 15) is 19.3 Å². The van der Waals surface area contributed by atoms with Gasteiger partial charge in [0.1, 0.15) is 0 Å². The van der Waals surface area contributed by atoms with E-state index >= 15 is 0 Å². The molecule has 1 aromatic rings. The Morgan fingerprint density at radius 3 is 2.67 bits per heavy atom. The summed E-state index contributed by atoms with van der Waals surface area (Å²) < 4.78 is 17.5. The van der Waals surface area contributed by atoms with E-state index in [1.54, 1.807) is 0 Å². The van der Waals surface area contributed by atoms with Gasteiger partial charge in [0.15, 0.2) is 0 Å². The van der Waals surface area contributed by atoms with Gasteiger partial charge in [0.05, 0.1) is 17.6 Å². The Morgan fingerprint density at radius 2 is 2.13 bits per heavy atom. The average Bonchev–Trinajstić information content (AvgIpc) is 2.27. The number of ether oxygens (including phenoxy) is 1. The minimum atomic E-state index is -2.13. The van der Waals surface area contributed by atoms with Gasteiger partial charge in [-0.05, 0) is 6.07 Å². The first-order chi connectivity index (χ1) is 7.07. The van der Waals surface area contributed by atoms with Crippen LogP contribution < -0.4 is 0 Å². The van der Waals surface area contributed by atoms with E-state index in [4.69, 9.17) is 0 Å². The molecule has 0 aromatic heterocycles. The summed E-state index contributed by atoms with van der Waals surface area (Å²) in [4.78, 5) is 20.6. The van der Waals surface area contributed by atoms with Gasteiger partial charge < -0.3 is 4.74 Å². The molecule has 0 N–H and O–H groups in total. The number of carbonyl (C=O) groups excluding carboxylic acids is 1. The molecule has 0 aliphatic rings. The number of nitro benzene ring substituents is 1. The molecule has 80 valence electrons. The van der Waals surface area contributed by atoms with Crippen LogP contribution in [0.3, 0.4) is 0 Å². The fourth-order valence-corrected chi connectivity index (χ4v) is 1.10. The predicted molar refractivity (Wildman–Crippen MR) is 49.0 cm³/mol. The molecule has 1 unspecified atom stereocenters. The molecule has 15 heavy (non-hydrogen) atoms. The first-order valence-electron chi connectivity index (χ1n) is 4.03. The summed E-state index contributed by atoms with van der Waals surface area (Å²) in [5.41, 5.74) is -0.732. The Morgan fingerprint density at radius 1 is 1.53 bits per heavy atom. The summed E-state index contributed by atoms with van der Waals surface area (Å²) >= 11 is 0. The molecular formula is C9H8FNO4. The second-order valence-electron chi connectivity index (χ2n) is 2.70. The molecule has 1 aromatic carbocycles. The molecule has 0 fully saturated rings. The van der Waals surface area contributed by atoms with Crippen LogP contribution in [0.15, 0.2) is 24.3 Å². The van der Waals surface area contributed by atoms with Crippen molar-refractivity contribution in [1.29, 1.82) is 0 Å². The van der Waals surface area contributed by atoms with Crippen LogP contribution in [-0.2, 0) is 9.53 Å². The summed E-state index contributed by atoms with van der Waals surface area (Å²) in [6.45, 7) is 0. The topological polar surface area (TPSA) is 69.4 Å². The maximum atomic E-state index is 13.4. The second kappa shape index (κ2) is 4.50. The molecule has 0 spiro atoms. The fourth-order valence-electron chi connectivity index (χ4n) is 1.10. The van der Waals surface area contributed by atoms with Crippen molar-refractivity contribution in [3.05, 3.63) is 39.9 Å². The number of nitrogens with zero attached hydrogens (tertiary/aromatic N) is 1. The molecule has 0 bridgehead atoms. The van der Waals surface area contributed by atoms with E-state index in [2.05, 4.69) is 4.74 Å². The molecule has 0 saturated heterocycles.